The minimum absolute atomic E-state index is 0.0344. The average molecular weight is 339 g/mol. The maximum absolute atomic E-state index is 12.3. The average Bonchev–Trinajstić information content (AvgIpc) is 3.16. The van der Waals surface area contributed by atoms with Gasteiger partial charge in [0.05, 0.1) is 15.9 Å². The van der Waals surface area contributed by atoms with Crippen molar-refractivity contribution in [1.29, 1.82) is 0 Å². The molecular formula is C18H17N3O2S. The van der Waals surface area contributed by atoms with Crippen LogP contribution in [0.1, 0.15) is 51.5 Å². The van der Waals surface area contributed by atoms with Crippen molar-refractivity contribution in [2.45, 2.75) is 25.7 Å². The SMILES string of the molecule is CC(=O)c1csc(C(=O)Nc2ccc3c(c2)nc(C2CC2)n3C)c1. The van der Waals surface area contributed by atoms with Crippen molar-refractivity contribution < 1.29 is 9.59 Å². The van der Waals surface area contributed by atoms with Crippen LogP contribution in [-0.4, -0.2) is 21.2 Å². The first-order valence-corrected chi connectivity index (χ1v) is 8.78. The summed E-state index contributed by atoms with van der Waals surface area (Å²) in [6.45, 7) is 1.50. The lowest BCUT2D eigenvalue weighted by molar-refractivity contribution is 0.101. The number of rotatable bonds is 4. The normalized spacial score (nSPS) is 14.1. The Balaban J connectivity index is 1.59. The fourth-order valence-corrected chi connectivity index (χ4v) is 3.68. The predicted octanol–water partition coefficient (Wildman–Crippen LogP) is 3.97. The standard InChI is InChI=1S/C18H17N3O2S/c1-10(22)12-7-16(24-9-12)18(23)19-13-5-6-15-14(8-13)20-17(21(15)2)11-3-4-11/h5-9,11H,3-4H2,1-2H3,(H,19,23). The summed E-state index contributed by atoms with van der Waals surface area (Å²) in [5.74, 6) is 1.47. The molecule has 3 aromatic rings. The van der Waals surface area contributed by atoms with Gasteiger partial charge in [-0.3, -0.25) is 9.59 Å². The number of fused-ring (bicyclic) bond motifs is 1. The van der Waals surface area contributed by atoms with Crippen molar-refractivity contribution in [2.24, 2.45) is 7.05 Å². The highest BCUT2D eigenvalue weighted by atomic mass is 32.1. The number of aryl methyl sites for hydroxylation is 1. The van der Waals surface area contributed by atoms with Crippen molar-refractivity contribution in [3.63, 3.8) is 0 Å². The third kappa shape index (κ3) is 2.63. The molecule has 0 aliphatic heterocycles. The van der Waals surface area contributed by atoms with Gasteiger partial charge in [-0.1, -0.05) is 0 Å². The second kappa shape index (κ2) is 5.56. The molecule has 0 saturated heterocycles. The van der Waals surface area contributed by atoms with E-state index in [1.807, 2.05) is 25.2 Å². The molecule has 1 N–H and O–H groups in total. The number of carbonyl (C=O) groups excluding carboxylic acids is 2. The summed E-state index contributed by atoms with van der Waals surface area (Å²) >= 11 is 1.27. The number of thiophene rings is 1. The summed E-state index contributed by atoms with van der Waals surface area (Å²) in [5.41, 5.74) is 3.25. The van der Waals surface area contributed by atoms with E-state index in [4.69, 9.17) is 4.98 Å². The van der Waals surface area contributed by atoms with Crippen molar-refractivity contribution in [3.8, 4) is 0 Å². The molecule has 1 aliphatic rings. The molecule has 122 valence electrons. The van der Waals surface area contributed by atoms with Crippen LogP contribution in [0.5, 0.6) is 0 Å². The first kappa shape index (κ1) is 15.1. The number of Topliss-reactive ketones (excluding diaryl/α,β-unsaturated/α-hetero) is 1. The highest BCUT2D eigenvalue weighted by Crippen LogP contribution is 2.40. The van der Waals surface area contributed by atoms with Gasteiger partial charge in [-0.15, -0.1) is 11.3 Å². The number of hydrogen-bond acceptors (Lipinski definition) is 4. The zero-order valence-electron chi connectivity index (χ0n) is 13.5. The zero-order valence-corrected chi connectivity index (χ0v) is 14.3. The number of aromatic nitrogens is 2. The molecular weight excluding hydrogens is 322 g/mol. The van der Waals surface area contributed by atoms with E-state index in [1.165, 1.54) is 31.1 Å². The molecule has 0 spiro atoms. The summed E-state index contributed by atoms with van der Waals surface area (Å²) < 4.78 is 2.14. The molecule has 2 aromatic heterocycles. The first-order chi connectivity index (χ1) is 11.5. The van der Waals surface area contributed by atoms with Gasteiger partial charge in [-0.2, -0.15) is 0 Å². The first-order valence-electron chi connectivity index (χ1n) is 7.90. The molecule has 2 heterocycles. The van der Waals surface area contributed by atoms with Crippen LogP contribution in [0.4, 0.5) is 5.69 Å². The lowest BCUT2D eigenvalue weighted by Gasteiger charge is -2.04. The number of nitrogens with zero attached hydrogens (tertiary/aromatic N) is 2. The maximum Gasteiger partial charge on any atom is 0.265 e. The van der Waals surface area contributed by atoms with Crippen LogP contribution < -0.4 is 5.32 Å². The zero-order chi connectivity index (χ0) is 16.8. The van der Waals surface area contributed by atoms with Crippen LogP contribution in [0.25, 0.3) is 11.0 Å². The quantitative estimate of drug-likeness (QED) is 0.732. The minimum Gasteiger partial charge on any atom is -0.331 e. The van der Waals surface area contributed by atoms with Gasteiger partial charge in [-0.25, -0.2) is 4.98 Å². The molecule has 6 heteroatoms. The van der Waals surface area contributed by atoms with E-state index in [9.17, 15) is 9.59 Å². The largest absolute Gasteiger partial charge is 0.331 e. The van der Waals surface area contributed by atoms with Gasteiger partial charge in [0.1, 0.15) is 5.82 Å². The molecule has 1 saturated carbocycles. The van der Waals surface area contributed by atoms with Gasteiger partial charge < -0.3 is 9.88 Å². The van der Waals surface area contributed by atoms with E-state index in [2.05, 4.69) is 9.88 Å². The number of imidazole rings is 1. The number of nitrogens with one attached hydrogen (secondary N) is 1. The maximum atomic E-state index is 12.3. The monoisotopic (exact) mass is 339 g/mol. The Labute approximate surface area is 143 Å². The number of amides is 1. The molecule has 1 fully saturated rings. The molecule has 0 bridgehead atoms. The van der Waals surface area contributed by atoms with E-state index in [1.54, 1.807) is 11.4 Å². The molecule has 1 aliphatic carbocycles. The second-order valence-corrected chi connectivity index (χ2v) is 7.13. The van der Waals surface area contributed by atoms with Crippen LogP contribution in [-0.2, 0) is 7.05 Å². The second-order valence-electron chi connectivity index (χ2n) is 6.22. The van der Waals surface area contributed by atoms with Crippen LogP contribution >= 0.6 is 11.3 Å². The summed E-state index contributed by atoms with van der Waals surface area (Å²) in [5, 5.41) is 4.60. The molecule has 1 aromatic carbocycles. The summed E-state index contributed by atoms with van der Waals surface area (Å²) in [6, 6.07) is 7.41. The fraction of sp³-hybridized carbons (Fsp3) is 0.278. The third-order valence-corrected chi connectivity index (χ3v) is 5.27. The highest BCUT2D eigenvalue weighted by molar-refractivity contribution is 7.12. The van der Waals surface area contributed by atoms with Crippen LogP contribution in [0.2, 0.25) is 0 Å². The Morgan fingerprint density at radius 2 is 2.08 bits per heavy atom. The van der Waals surface area contributed by atoms with E-state index in [-0.39, 0.29) is 11.7 Å². The Morgan fingerprint density at radius 3 is 2.75 bits per heavy atom. The summed E-state index contributed by atoms with van der Waals surface area (Å²) in [6.07, 6.45) is 2.41. The topological polar surface area (TPSA) is 64.0 Å². The fourth-order valence-electron chi connectivity index (χ4n) is 2.84. The highest BCUT2D eigenvalue weighted by Gasteiger charge is 2.28. The van der Waals surface area contributed by atoms with Gasteiger partial charge in [0, 0.05) is 29.6 Å². The summed E-state index contributed by atoms with van der Waals surface area (Å²) in [7, 11) is 2.04. The minimum atomic E-state index is -0.204. The number of carbonyl (C=O) groups is 2. The molecule has 1 amide bonds. The van der Waals surface area contributed by atoms with Crippen molar-refractivity contribution in [1.82, 2.24) is 9.55 Å². The lowest BCUT2D eigenvalue weighted by atomic mass is 10.2. The number of ketones is 1. The molecule has 0 unspecified atom stereocenters. The van der Waals surface area contributed by atoms with Crippen LogP contribution in [0.3, 0.4) is 0 Å². The van der Waals surface area contributed by atoms with Gasteiger partial charge in [0.15, 0.2) is 5.78 Å². The third-order valence-electron chi connectivity index (χ3n) is 4.35. The van der Waals surface area contributed by atoms with Gasteiger partial charge in [0.2, 0.25) is 0 Å². The van der Waals surface area contributed by atoms with Crippen LogP contribution in [0.15, 0.2) is 29.6 Å². The Bertz CT molecular complexity index is 966. The molecule has 0 atom stereocenters. The predicted molar refractivity (Wildman–Crippen MR) is 95.0 cm³/mol. The van der Waals surface area contributed by atoms with E-state index >= 15 is 0 Å². The van der Waals surface area contributed by atoms with Gasteiger partial charge in [0.25, 0.3) is 5.91 Å². The van der Waals surface area contributed by atoms with E-state index in [0.29, 0.717) is 22.0 Å². The number of anilines is 1. The lowest BCUT2D eigenvalue weighted by Crippen LogP contribution is -2.10. The molecule has 0 radical (unpaired) electrons. The molecule has 5 nitrogen and oxygen atoms in total. The van der Waals surface area contributed by atoms with Gasteiger partial charge >= 0.3 is 0 Å². The Morgan fingerprint density at radius 1 is 1.29 bits per heavy atom. The van der Waals surface area contributed by atoms with Crippen molar-refractivity contribution in [2.75, 3.05) is 5.32 Å². The van der Waals surface area contributed by atoms with Gasteiger partial charge in [-0.05, 0) is 44.0 Å². The summed E-state index contributed by atoms with van der Waals surface area (Å²) in [4.78, 5) is 28.9. The van der Waals surface area contributed by atoms with E-state index in [0.717, 1.165) is 16.9 Å². The molecule has 24 heavy (non-hydrogen) atoms. The smallest absolute Gasteiger partial charge is 0.265 e. The number of hydrogen-bond donors (Lipinski definition) is 1. The number of benzene rings is 1. The van der Waals surface area contributed by atoms with Crippen molar-refractivity contribution >= 4 is 39.7 Å². The van der Waals surface area contributed by atoms with Crippen molar-refractivity contribution in [3.05, 3.63) is 45.9 Å². The Hall–Kier alpha value is -2.47. The molecule has 4 rings (SSSR count). The van der Waals surface area contributed by atoms with E-state index < -0.39 is 0 Å². The Kier molecular flexibility index (Phi) is 3.49. The van der Waals surface area contributed by atoms with Crippen LogP contribution in [0, 0.1) is 0 Å².